The van der Waals surface area contributed by atoms with Crippen molar-refractivity contribution in [2.75, 3.05) is 17.1 Å². The molecule has 7 nitrogen and oxygen atoms in total. The number of rotatable bonds is 10. The van der Waals surface area contributed by atoms with Gasteiger partial charge in [0.05, 0.1) is 11.9 Å². The SMILES string of the molecule is CC(C)(C)NC(=O)[C@@H](Cc1ccccc1)N(Cc1ccccc1Cl)C(=O)CN(c1ccc(C(C)(C)C)cc1)S(C)(=O)=O. The Labute approximate surface area is 255 Å². The Hall–Kier alpha value is -3.36. The summed E-state index contributed by atoms with van der Waals surface area (Å²) in [6, 6.07) is 22.8. The minimum atomic E-state index is -3.85. The summed E-state index contributed by atoms with van der Waals surface area (Å²) in [6.07, 6.45) is 1.31. The van der Waals surface area contributed by atoms with Gasteiger partial charge in [-0.3, -0.25) is 13.9 Å². The molecule has 0 unspecified atom stereocenters. The minimum Gasteiger partial charge on any atom is -0.350 e. The van der Waals surface area contributed by atoms with Crippen LogP contribution in [-0.4, -0.2) is 49.5 Å². The topological polar surface area (TPSA) is 86.8 Å². The zero-order valence-corrected chi connectivity index (χ0v) is 27.1. The van der Waals surface area contributed by atoms with Gasteiger partial charge in [-0.15, -0.1) is 0 Å². The summed E-state index contributed by atoms with van der Waals surface area (Å²) >= 11 is 6.50. The normalized spacial score (nSPS) is 12.9. The number of nitrogens with one attached hydrogen (secondary N) is 1. The van der Waals surface area contributed by atoms with Crippen molar-refractivity contribution in [1.29, 1.82) is 0 Å². The molecule has 0 heterocycles. The molecule has 3 aromatic rings. The first-order valence-electron chi connectivity index (χ1n) is 13.9. The maximum atomic E-state index is 14.2. The summed E-state index contributed by atoms with van der Waals surface area (Å²) in [5, 5.41) is 3.46. The van der Waals surface area contributed by atoms with Crippen LogP contribution in [0.3, 0.4) is 0 Å². The second kappa shape index (κ2) is 13.3. The average Bonchev–Trinajstić information content (AvgIpc) is 2.88. The predicted octanol–water partition coefficient (Wildman–Crippen LogP) is 5.96. The van der Waals surface area contributed by atoms with E-state index in [4.69, 9.17) is 11.6 Å². The number of amides is 2. The van der Waals surface area contributed by atoms with Crippen LogP contribution in [0.1, 0.15) is 58.2 Å². The molecule has 0 spiro atoms. The molecule has 1 N–H and O–H groups in total. The van der Waals surface area contributed by atoms with E-state index in [1.54, 1.807) is 30.3 Å². The first-order valence-corrected chi connectivity index (χ1v) is 16.2. The van der Waals surface area contributed by atoms with Crippen molar-refractivity contribution < 1.29 is 18.0 Å². The fraction of sp³-hybridized carbons (Fsp3) is 0.394. The molecule has 0 radical (unpaired) electrons. The molecule has 0 aliphatic carbocycles. The monoisotopic (exact) mass is 611 g/mol. The Morgan fingerprint density at radius 2 is 1.43 bits per heavy atom. The molecule has 226 valence electrons. The Morgan fingerprint density at radius 3 is 1.95 bits per heavy atom. The van der Waals surface area contributed by atoms with E-state index in [2.05, 4.69) is 26.1 Å². The lowest BCUT2D eigenvalue weighted by atomic mass is 9.87. The van der Waals surface area contributed by atoms with E-state index >= 15 is 0 Å². The summed E-state index contributed by atoms with van der Waals surface area (Å²) < 4.78 is 27.1. The Balaban J connectivity index is 2.08. The second-order valence-corrected chi connectivity index (χ2v) is 14.9. The van der Waals surface area contributed by atoms with Crippen LogP contribution in [0.5, 0.6) is 0 Å². The molecule has 0 saturated heterocycles. The van der Waals surface area contributed by atoms with Crippen molar-refractivity contribution >= 4 is 39.1 Å². The summed E-state index contributed by atoms with van der Waals surface area (Å²) in [5.74, 6) is -0.863. The van der Waals surface area contributed by atoms with Crippen LogP contribution in [0.2, 0.25) is 5.02 Å². The van der Waals surface area contributed by atoms with E-state index in [-0.39, 0.29) is 24.3 Å². The number of nitrogens with zero attached hydrogens (tertiary/aromatic N) is 2. The molecule has 0 aliphatic heterocycles. The number of benzene rings is 3. The highest BCUT2D eigenvalue weighted by atomic mass is 35.5. The fourth-order valence-corrected chi connectivity index (χ4v) is 5.60. The summed E-state index contributed by atoms with van der Waals surface area (Å²) in [5.41, 5.74) is 2.24. The molecule has 0 bridgehead atoms. The third kappa shape index (κ3) is 9.33. The molecular weight excluding hydrogens is 570 g/mol. The van der Waals surface area contributed by atoms with Gasteiger partial charge >= 0.3 is 0 Å². The maximum absolute atomic E-state index is 14.2. The number of hydrogen-bond donors (Lipinski definition) is 1. The lowest BCUT2D eigenvalue weighted by Gasteiger charge is -2.35. The van der Waals surface area contributed by atoms with Gasteiger partial charge in [-0.2, -0.15) is 0 Å². The highest BCUT2D eigenvalue weighted by Crippen LogP contribution is 2.27. The quantitative estimate of drug-likeness (QED) is 0.307. The van der Waals surface area contributed by atoms with Gasteiger partial charge in [0.25, 0.3) is 0 Å². The Morgan fingerprint density at radius 1 is 0.857 bits per heavy atom. The third-order valence-electron chi connectivity index (χ3n) is 6.77. The van der Waals surface area contributed by atoms with Crippen molar-refractivity contribution in [3.05, 3.63) is 101 Å². The molecule has 0 aromatic heterocycles. The van der Waals surface area contributed by atoms with Gasteiger partial charge in [0.2, 0.25) is 21.8 Å². The summed E-state index contributed by atoms with van der Waals surface area (Å²) in [7, 11) is -3.85. The first-order chi connectivity index (χ1) is 19.5. The molecular formula is C33H42ClN3O4S. The van der Waals surface area contributed by atoms with E-state index in [1.165, 1.54) is 4.90 Å². The number of sulfonamides is 1. The second-order valence-electron chi connectivity index (χ2n) is 12.6. The van der Waals surface area contributed by atoms with Crippen molar-refractivity contribution in [2.45, 2.75) is 71.5 Å². The summed E-state index contributed by atoms with van der Waals surface area (Å²) in [4.78, 5) is 29.5. The third-order valence-corrected chi connectivity index (χ3v) is 8.28. The van der Waals surface area contributed by atoms with Crippen LogP contribution in [0.25, 0.3) is 0 Å². The maximum Gasteiger partial charge on any atom is 0.244 e. The van der Waals surface area contributed by atoms with Gasteiger partial charge in [0, 0.05) is 23.5 Å². The smallest absolute Gasteiger partial charge is 0.244 e. The molecule has 0 fully saturated rings. The fourth-order valence-electron chi connectivity index (χ4n) is 4.56. The van der Waals surface area contributed by atoms with Crippen LogP contribution in [-0.2, 0) is 38.0 Å². The van der Waals surface area contributed by atoms with E-state index in [9.17, 15) is 18.0 Å². The van der Waals surface area contributed by atoms with Crippen molar-refractivity contribution in [3.8, 4) is 0 Å². The molecule has 3 aromatic carbocycles. The van der Waals surface area contributed by atoms with Gasteiger partial charge in [-0.25, -0.2) is 8.42 Å². The average molecular weight is 612 g/mol. The zero-order valence-electron chi connectivity index (χ0n) is 25.5. The van der Waals surface area contributed by atoms with Crippen LogP contribution in [0.15, 0.2) is 78.9 Å². The molecule has 0 aliphatic rings. The first kappa shape index (κ1) is 33.1. The summed E-state index contributed by atoms with van der Waals surface area (Å²) in [6.45, 7) is 11.4. The van der Waals surface area contributed by atoms with E-state index < -0.39 is 34.1 Å². The van der Waals surface area contributed by atoms with Crippen molar-refractivity contribution in [2.24, 2.45) is 0 Å². The minimum absolute atomic E-state index is 0.0220. The van der Waals surface area contributed by atoms with Gasteiger partial charge in [-0.1, -0.05) is 93.0 Å². The number of halogens is 1. The Kier molecular flexibility index (Phi) is 10.5. The van der Waals surface area contributed by atoms with Crippen LogP contribution in [0, 0.1) is 0 Å². The molecule has 2 amide bonds. The predicted molar refractivity (Wildman–Crippen MR) is 171 cm³/mol. The number of carbonyl (C=O) groups excluding carboxylic acids is 2. The van der Waals surface area contributed by atoms with Crippen LogP contribution in [0.4, 0.5) is 5.69 Å². The standard InChI is InChI=1S/C33H42ClN3O4S/c1-32(2,3)26-17-19-27(20-18-26)37(42(7,40)41)23-30(38)36(22-25-15-11-12-16-28(25)34)29(31(39)35-33(4,5)6)21-24-13-9-8-10-14-24/h8-20,29H,21-23H2,1-7H3,(H,35,39)/t29-/m1/s1. The zero-order chi connectivity index (χ0) is 31.3. The highest BCUT2D eigenvalue weighted by molar-refractivity contribution is 7.92. The van der Waals surface area contributed by atoms with Crippen LogP contribution < -0.4 is 9.62 Å². The highest BCUT2D eigenvalue weighted by Gasteiger charge is 2.34. The number of anilines is 1. The van der Waals surface area contributed by atoms with Gasteiger partial charge in [0.1, 0.15) is 12.6 Å². The molecule has 3 rings (SSSR count). The lowest BCUT2D eigenvalue weighted by Crippen LogP contribution is -2.56. The van der Waals surface area contributed by atoms with Gasteiger partial charge < -0.3 is 10.2 Å². The van der Waals surface area contributed by atoms with Gasteiger partial charge in [-0.05, 0) is 61.1 Å². The number of carbonyl (C=O) groups is 2. The molecule has 42 heavy (non-hydrogen) atoms. The largest absolute Gasteiger partial charge is 0.350 e. The van der Waals surface area contributed by atoms with Crippen molar-refractivity contribution in [1.82, 2.24) is 10.2 Å². The van der Waals surface area contributed by atoms with E-state index in [1.807, 2.05) is 69.3 Å². The van der Waals surface area contributed by atoms with E-state index in [0.717, 1.165) is 21.7 Å². The van der Waals surface area contributed by atoms with Crippen molar-refractivity contribution in [3.63, 3.8) is 0 Å². The van der Waals surface area contributed by atoms with E-state index in [0.29, 0.717) is 16.3 Å². The molecule has 0 saturated carbocycles. The lowest BCUT2D eigenvalue weighted by molar-refractivity contribution is -0.140. The Bertz CT molecular complexity index is 1480. The van der Waals surface area contributed by atoms with Crippen LogP contribution >= 0.6 is 11.6 Å². The number of hydrogen-bond acceptors (Lipinski definition) is 4. The van der Waals surface area contributed by atoms with Gasteiger partial charge in [0.15, 0.2) is 0 Å². The molecule has 9 heteroatoms. The molecule has 1 atom stereocenters.